The first-order valence-corrected chi connectivity index (χ1v) is 8.65. The average molecular weight is 365 g/mol. The van der Waals surface area contributed by atoms with Crippen molar-refractivity contribution in [3.63, 3.8) is 0 Å². The molecule has 0 atom stereocenters. The Kier molecular flexibility index (Phi) is 3.89. The van der Waals surface area contributed by atoms with Crippen molar-refractivity contribution in [3.8, 4) is 11.4 Å². The standard InChI is InChI=1S/C20H17ClN4O/c1-12-4-9-18(13(2)10-12)25-20(26)19-17(14(3)23-25)11-22-24(19)16-7-5-15(21)6-8-16/h4-11H,1-3H3. The maximum atomic E-state index is 13.3. The molecule has 0 radical (unpaired) electrons. The van der Waals surface area contributed by atoms with Crippen LogP contribution in [-0.4, -0.2) is 19.6 Å². The Bertz CT molecular complexity index is 1190. The van der Waals surface area contributed by atoms with Crippen LogP contribution in [0.15, 0.2) is 53.5 Å². The van der Waals surface area contributed by atoms with Gasteiger partial charge in [0.1, 0.15) is 5.52 Å². The fourth-order valence-electron chi connectivity index (χ4n) is 3.15. The molecule has 0 saturated carbocycles. The van der Waals surface area contributed by atoms with Crippen LogP contribution < -0.4 is 5.56 Å². The van der Waals surface area contributed by atoms with E-state index < -0.39 is 0 Å². The summed E-state index contributed by atoms with van der Waals surface area (Å²) in [4.78, 5) is 13.3. The molecule has 0 aliphatic carbocycles. The zero-order valence-corrected chi connectivity index (χ0v) is 15.4. The fourth-order valence-corrected chi connectivity index (χ4v) is 3.28. The van der Waals surface area contributed by atoms with E-state index in [0.29, 0.717) is 10.5 Å². The molecule has 0 amide bonds. The summed E-state index contributed by atoms with van der Waals surface area (Å²) in [6, 6.07) is 13.2. The highest BCUT2D eigenvalue weighted by molar-refractivity contribution is 6.30. The molecule has 2 heterocycles. The minimum Gasteiger partial charge on any atom is -0.265 e. The van der Waals surface area contributed by atoms with Gasteiger partial charge in [-0.05, 0) is 56.7 Å². The van der Waals surface area contributed by atoms with Crippen LogP contribution in [0.1, 0.15) is 16.8 Å². The van der Waals surface area contributed by atoms with Crippen molar-refractivity contribution in [2.24, 2.45) is 0 Å². The van der Waals surface area contributed by atoms with Gasteiger partial charge in [-0.1, -0.05) is 29.3 Å². The molecule has 2 aromatic heterocycles. The number of benzene rings is 2. The molecule has 4 rings (SSSR count). The number of hydrogen-bond donors (Lipinski definition) is 0. The molecule has 0 unspecified atom stereocenters. The first-order valence-electron chi connectivity index (χ1n) is 8.27. The number of halogens is 1. The average Bonchev–Trinajstić information content (AvgIpc) is 3.05. The zero-order valence-electron chi connectivity index (χ0n) is 14.7. The Morgan fingerprint density at radius 3 is 2.38 bits per heavy atom. The van der Waals surface area contributed by atoms with Gasteiger partial charge >= 0.3 is 0 Å². The molecule has 0 N–H and O–H groups in total. The maximum absolute atomic E-state index is 13.3. The van der Waals surface area contributed by atoms with Gasteiger partial charge < -0.3 is 0 Å². The van der Waals surface area contributed by atoms with Crippen molar-refractivity contribution in [1.82, 2.24) is 19.6 Å². The van der Waals surface area contributed by atoms with Gasteiger partial charge in [-0.3, -0.25) is 4.79 Å². The van der Waals surface area contributed by atoms with E-state index in [-0.39, 0.29) is 5.56 Å². The molecular weight excluding hydrogens is 348 g/mol. The minimum atomic E-state index is -0.204. The van der Waals surface area contributed by atoms with Crippen LogP contribution in [0.3, 0.4) is 0 Å². The van der Waals surface area contributed by atoms with Crippen LogP contribution in [-0.2, 0) is 0 Å². The molecule has 0 aliphatic rings. The van der Waals surface area contributed by atoms with Gasteiger partial charge in [0.25, 0.3) is 5.56 Å². The lowest BCUT2D eigenvalue weighted by molar-refractivity contribution is 0.785. The van der Waals surface area contributed by atoms with Crippen molar-refractivity contribution in [3.05, 3.63) is 80.9 Å². The molecule has 0 saturated heterocycles. The summed E-state index contributed by atoms with van der Waals surface area (Å²) in [5.41, 5.74) is 4.73. The highest BCUT2D eigenvalue weighted by Gasteiger charge is 2.16. The number of aryl methyl sites for hydroxylation is 3. The SMILES string of the molecule is Cc1ccc(-n2nc(C)c3cnn(-c4ccc(Cl)cc4)c3c2=O)c(C)c1. The second kappa shape index (κ2) is 6.11. The predicted molar refractivity (Wildman–Crippen MR) is 104 cm³/mol. The minimum absolute atomic E-state index is 0.204. The molecule has 5 nitrogen and oxygen atoms in total. The Morgan fingerprint density at radius 1 is 0.962 bits per heavy atom. The van der Waals surface area contributed by atoms with Crippen LogP contribution >= 0.6 is 11.6 Å². The first-order chi connectivity index (χ1) is 12.5. The van der Waals surface area contributed by atoms with E-state index in [0.717, 1.165) is 33.6 Å². The number of aromatic nitrogens is 4. The van der Waals surface area contributed by atoms with Crippen molar-refractivity contribution in [2.45, 2.75) is 20.8 Å². The van der Waals surface area contributed by atoms with Gasteiger partial charge in [-0.15, -0.1) is 0 Å². The number of nitrogens with zero attached hydrogens (tertiary/aromatic N) is 4. The monoisotopic (exact) mass is 364 g/mol. The highest BCUT2D eigenvalue weighted by atomic mass is 35.5. The van der Waals surface area contributed by atoms with E-state index in [1.54, 1.807) is 23.0 Å². The summed E-state index contributed by atoms with van der Waals surface area (Å²) < 4.78 is 3.10. The fraction of sp³-hybridized carbons (Fsp3) is 0.150. The lowest BCUT2D eigenvalue weighted by Crippen LogP contribution is -2.24. The summed E-state index contributed by atoms with van der Waals surface area (Å²) in [6.07, 6.45) is 1.68. The smallest absolute Gasteiger partial charge is 0.265 e. The molecule has 6 heteroatoms. The van der Waals surface area contributed by atoms with E-state index in [9.17, 15) is 4.79 Å². The third-order valence-corrected chi connectivity index (χ3v) is 4.71. The topological polar surface area (TPSA) is 52.7 Å². The van der Waals surface area contributed by atoms with Crippen LogP contribution in [0.2, 0.25) is 5.02 Å². The van der Waals surface area contributed by atoms with E-state index >= 15 is 0 Å². The Morgan fingerprint density at radius 2 is 1.69 bits per heavy atom. The largest absolute Gasteiger partial charge is 0.298 e. The molecular formula is C20H17ClN4O. The summed E-state index contributed by atoms with van der Waals surface area (Å²) in [5, 5.41) is 10.3. The number of hydrogen-bond acceptors (Lipinski definition) is 3. The lowest BCUT2D eigenvalue weighted by atomic mass is 10.1. The molecule has 2 aromatic carbocycles. The second-order valence-electron chi connectivity index (χ2n) is 6.39. The Balaban J connectivity index is 2.03. The summed E-state index contributed by atoms with van der Waals surface area (Å²) in [7, 11) is 0. The molecule has 0 aliphatic heterocycles. The summed E-state index contributed by atoms with van der Waals surface area (Å²) in [6.45, 7) is 5.89. The highest BCUT2D eigenvalue weighted by Crippen LogP contribution is 2.21. The quantitative estimate of drug-likeness (QED) is 0.537. The zero-order chi connectivity index (χ0) is 18.4. The first kappa shape index (κ1) is 16.5. The lowest BCUT2D eigenvalue weighted by Gasteiger charge is -2.11. The summed E-state index contributed by atoms with van der Waals surface area (Å²) in [5.74, 6) is 0. The Hall–Kier alpha value is -2.92. The second-order valence-corrected chi connectivity index (χ2v) is 6.82. The molecule has 130 valence electrons. The maximum Gasteiger partial charge on any atom is 0.298 e. The van der Waals surface area contributed by atoms with E-state index in [1.807, 2.05) is 51.1 Å². The van der Waals surface area contributed by atoms with Gasteiger partial charge in [0.15, 0.2) is 0 Å². The van der Waals surface area contributed by atoms with Gasteiger partial charge in [-0.25, -0.2) is 4.68 Å². The van der Waals surface area contributed by atoms with Crippen LogP contribution in [0.5, 0.6) is 0 Å². The number of fused-ring (bicyclic) bond motifs is 1. The van der Waals surface area contributed by atoms with Crippen molar-refractivity contribution < 1.29 is 0 Å². The summed E-state index contributed by atoms with van der Waals surface area (Å²) >= 11 is 5.98. The Labute approximate surface area is 155 Å². The van der Waals surface area contributed by atoms with Crippen LogP contribution in [0, 0.1) is 20.8 Å². The predicted octanol–water partition coefficient (Wildman–Crippen LogP) is 4.15. The van der Waals surface area contributed by atoms with Gasteiger partial charge in [-0.2, -0.15) is 14.9 Å². The number of rotatable bonds is 2. The van der Waals surface area contributed by atoms with Crippen molar-refractivity contribution in [1.29, 1.82) is 0 Å². The van der Waals surface area contributed by atoms with Crippen molar-refractivity contribution in [2.75, 3.05) is 0 Å². The molecule has 0 spiro atoms. The van der Waals surface area contributed by atoms with E-state index in [1.165, 1.54) is 4.68 Å². The third kappa shape index (κ3) is 2.61. The normalized spacial score (nSPS) is 11.2. The van der Waals surface area contributed by atoms with Crippen molar-refractivity contribution >= 4 is 22.5 Å². The molecule has 0 fully saturated rings. The van der Waals surface area contributed by atoms with Crippen LogP contribution in [0.4, 0.5) is 0 Å². The molecule has 4 aromatic rings. The van der Waals surface area contributed by atoms with Gasteiger partial charge in [0, 0.05) is 10.4 Å². The van der Waals surface area contributed by atoms with E-state index in [2.05, 4.69) is 10.2 Å². The van der Waals surface area contributed by atoms with Gasteiger partial charge in [0.05, 0.1) is 23.3 Å². The van der Waals surface area contributed by atoms with E-state index in [4.69, 9.17) is 11.6 Å². The third-order valence-electron chi connectivity index (χ3n) is 4.46. The van der Waals surface area contributed by atoms with Gasteiger partial charge in [0.2, 0.25) is 0 Å². The molecule has 26 heavy (non-hydrogen) atoms. The van der Waals surface area contributed by atoms with Crippen LogP contribution in [0.25, 0.3) is 22.3 Å². The molecule has 0 bridgehead atoms.